The number of piperidine rings is 1. The second-order valence-electron chi connectivity index (χ2n) is 8.40. The number of rotatable bonds is 9. The van der Waals surface area contributed by atoms with E-state index >= 15 is 0 Å². The van der Waals surface area contributed by atoms with Gasteiger partial charge in [0.05, 0.1) is 19.0 Å². The van der Waals surface area contributed by atoms with E-state index < -0.39 is 5.82 Å². The molecular weight excluding hydrogens is 463 g/mol. The fourth-order valence-corrected chi connectivity index (χ4v) is 4.01. The quantitative estimate of drug-likeness (QED) is 0.309. The number of hydrogen-bond acceptors (Lipinski definition) is 7. The molecule has 0 radical (unpaired) electrons. The van der Waals surface area contributed by atoms with Crippen molar-refractivity contribution in [3.05, 3.63) is 78.9 Å². The molecular formula is C27H29FN4O4. The molecule has 1 aliphatic heterocycles. The number of aryl methyl sites for hydroxylation is 1. The van der Waals surface area contributed by atoms with E-state index in [9.17, 15) is 9.18 Å². The normalized spacial score (nSPS) is 15.1. The summed E-state index contributed by atoms with van der Waals surface area (Å²) in [4.78, 5) is 23.9. The van der Waals surface area contributed by atoms with E-state index in [2.05, 4.69) is 22.4 Å². The topological polar surface area (TPSA) is 85.0 Å². The third-order valence-electron chi connectivity index (χ3n) is 5.87. The predicted molar refractivity (Wildman–Crippen MR) is 136 cm³/mol. The Morgan fingerprint density at radius 3 is 2.67 bits per heavy atom. The number of nitrogens with one attached hydrogen (secondary N) is 2. The van der Waals surface area contributed by atoms with Gasteiger partial charge in [0.25, 0.3) is 0 Å². The van der Waals surface area contributed by atoms with Crippen LogP contribution in [0.5, 0.6) is 23.0 Å². The lowest BCUT2D eigenvalue weighted by molar-refractivity contribution is -0.127. The Hall–Kier alpha value is -4.27. The van der Waals surface area contributed by atoms with Crippen LogP contribution in [0.1, 0.15) is 18.4 Å². The molecule has 1 amide bonds. The van der Waals surface area contributed by atoms with Crippen LogP contribution < -0.4 is 25.1 Å². The fraction of sp³-hybridized carbons (Fsp3) is 0.259. The Bertz CT molecular complexity index is 1220. The summed E-state index contributed by atoms with van der Waals surface area (Å²) in [7, 11) is 1.40. The van der Waals surface area contributed by atoms with Crippen molar-refractivity contribution in [3.8, 4) is 23.0 Å². The van der Waals surface area contributed by atoms with Gasteiger partial charge in [0.15, 0.2) is 17.2 Å². The molecule has 2 heterocycles. The third-order valence-corrected chi connectivity index (χ3v) is 5.87. The van der Waals surface area contributed by atoms with Gasteiger partial charge in [-0.25, -0.2) is 5.48 Å². The van der Waals surface area contributed by atoms with Crippen molar-refractivity contribution < 1.29 is 23.5 Å². The molecule has 188 valence electrons. The molecule has 1 unspecified atom stereocenters. The minimum Gasteiger partial charge on any atom is -0.494 e. The number of hydrogen-bond donors (Lipinski definition) is 2. The van der Waals surface area contributed by atoms with Crippen LogP contribution in [0.3, 0.4) is 0 Å². The number of benzene rings is 2. The summed E-state index contributed by atoms with van der Waals surface area (Å²) in [6, 6.07) is 11.6. The molecule has 1 saturated heterocycles. The molecule has 8 nitrogen and oxygen atoms in total. The Labute approximate surface area is 209 Å². The molecule has 1 fully saturated rings. The highest BCUT2D eigenvalue weighted by atomic mass is 19.1. The number of halogens is 1. The molecule has 0 spiro atoms. The second kappa shape index (κ2) is 11.4. The first-order valence-corrected chi connectivity index (χ1v) is 11.6. The van der Waals surface area contributed by atoms with E-state index in [0.29, 0.717) is 23.7 Å². The number of amides is 1. The lowest BCUT2D eigenvalue weighted by Crippen LogP contribution is -2.44. The standard InChI is InChI=1S/C27H29FN4O4/c1-4-25(33)32-14-6-7-19(17-32)30-27-18(2)15-29-16-22(27)31-36-21-12-10-20(11-13-21)35-24-9-5-8-23(34-3)26(24)28/h4-5,8-13,15-16,19,31H,1,6-7,14,17H2,2-3H3,(H,29,30). The van der Waals surface area contributed by atoms with E-state index in [1.165, 1.54) is 25.3 Å². The fourth-order valence-electron chi connectivity index (χ4n) is 4.01. The maximum Gasteiger partial charge on any atom is 0.246 e. The average molecular weight is 493 g/mol. The molecule has 3 aromatic rings. The summed E-state index contributed by atoms with van der Waals surface area (Å²) >= 11 is 0. The number of methoxy groups -OCH3 is 1. The summed E-state index contributed by atoms with van der Waals surface area (Å²) in [5.74, 6) is 0.534. The third kappa shape index (κ3) is 5.86. The van der Waals surface area contributed by atoms with Gasteiger partial charge in [0.1, 0.15) is 11.4 Å². The van der Waals surface area contributed by atoms with Crippen LogP contribution in [0.2, 0.25) is 0 Å². The molecule has 1 aromatic heterocycles. The highest BCUT2D eigenvalue weighted by molar-refractivity contribution is 5.87. The van der Waals surface area contributed by atoms with Crippen LogP contribution >= 0.6 is 0 Å². The van der Waals surface area contributed by atoms with Gasteiger partial charge >= 0.3 is 0 Å². The minimum atomic E-state index is -0.566. The SMILES string of the molecule is C=CC(=O)N1CCCC(Nc2c(C)cncc2NOc2ccc(Oc3cccc(OC)c3F)cc2)C1. The zero-order valence-corrected chi connectivity index (χ0v) is 20.3. The highest BCUT2D eigenvalue weighted by Crippen LogP contribution is 2.31. The zero-order chi connectivity index (χ0) is 25.5. The van der Waals surface area contributed by atoms with Gasteiger partial charge < -0.3 is 24.5 Å². The Morgan fingerprint density at radius 2 is 1.92 bits per heavy atom. The molecule has 2 aromatic carbocycles. The average Bonchev–Trinajstić information content (AvgIpc) is 2.90. The van der Waals surface area contributed by atoms with E-state index in [1.54, 1.807) is 47.6 Å². The van der Waals surface area contributed by atoms with Crippen molar-refractivity contribution in [3.63, 3.8) is 0 Å². The van der Waals surface area contributed by atoms with Gasteiger partial charge in [0.2, 0.25) is 11.7 Å². The number of carbonyl (C=O) groups excluding carboxylic acids is 1. The number of carbonyl (C=O) groups is 1. The van der Waals surface area contributed by atoms with E-state index in [4.69, 9.17) is 14.3 Å². The van der Waals surface area contributed by atoms with E-state index in [1.807, 2.05) is 6.92 Å². The van der Waals surface area contributed by atoms with Gasteiger partial charge in [-0.15, -0.1) is 0 Å². The molecule has 0 bridgehead atoms. The van der Waals surface area contributed by atoms with Crippen molar-refractivity contribution in [2.45, 2.75) is 25.8 Å². The molecule has 36 heavy (non-hydrogen) atoms. The van der Waals surface area contributed by atoms with Crippen LogP contribution in [0.25, 0.3) is 0 Å². The first-order valence-electron chi connectivity index (χ1n) is 11.6. The first kappa shape index (κ1) is 24.8. The number of anilines is 2. The second-order valence-corrected chi connectivity index (χ2v) is 8.40. The van der Waals surface area contributed by atoms with Crippen LogP contribution in [-0.2, 0) is 4.79 Å². The summed E-state index contributed by atoms with van der Waals surface area (Å²) in [5, 5.41) is 3.54. The van der Waals surface area contributed by atoms with Crippen LogP contribution in [-0.4, -0.2) is 42.0 Å². The van der Waals surface area contributed by atoms with E-state index in [0.717, 1.165) is 30.6 Å². The Balaban J connectivity index is 1.40. The van der Waals surface area contributed by atoms with E-state index in [-0.39, 0.29) is 23.4 Å². The maximum absolute atomic E-state index is 14.3. The van der Waals surface area contributed by atoms with Gasteiger partial charge in [-0.3, -0.25) is 9.78 Å². The van der Waals surface area contributed by atoms with Crippen LogP contribution in [0, 0.1) is 12.7 Å². The van der Waals surface area contributed by atoms with Crippen molar-refractivity contribution >= 4 is 17.3 Å². The molecule has 0 saturated carbocycles. The number of pyridine rings is 1. The summed E-state index contributed by atoms with van der Waals surface area (Å²) < 4.78 is 25.0. The van der Waals surface area contributed by atoms with Gasteiger partial charge in [-0.1, -0.05) is 12.6 Å². The lowest BCUT2D eigenvalue weighted by Gasteiger charge is -2.33. The number of likely N-dealkylation sites (tertiary alicyclic amines) is 1. The maximum atomic E-state index is 14.3. The lowest BCUT2D eigenvalue weighted by atomic mass is 10.0. The number of aromatic nitrogens is 1. The summed E-state index contributed by atoms with van der Waals surface area (Å²) in [5.41, 5.74) is 5.43. The van der Waals surface area contributed by atoms with Gasteiger partial charge in [-0.05, 0) is 67.8 Å². The zero-order valence-electron chi connectivity index (χ0n) is 20.3. The van der Waals surface area contributed by atoms with Crippen LogP contribution in [0.4, 0.5) is 15.8 Å². The molecule has 2 N–H and O–H groups in total. The molecule has 4 rings (SSSR count). The van der Waals surface area contributed by atoms with Crippen molar-refractivity contribution in [1.82, 2.24) is 9.88 Å². The highest BCUT2D eigenvalue weighted by Gasteiger charge is 2.23. The smallest absolute Gasteiger partial charge is 0.246 e. The first-order chi connectivity index (χ1) is 17.5. The monoisotopic (exact) mass is 492 g/mol. The van der Waals surface area contributed by atoms with Crippen molar-refractivity contribution in [2.75, 3.05) is 31.0 Å². The molecule has 1 atom stereocenters. The molecule has 0 aliphatic carbocycles. The van der Waals surface area contributed by atoms with Gasteiger partial charge in [-0.2, -0.15) is 4.39 Å². The number of ether oxygens (including phenoxy) is 2. The summed E-state index contributed by atoms with van der Waals surface area (Å²) in [6.07, 6.45) is 6.65. The van der Waals surface area contributed by atoms with Crippen LogP contribution in [0.15, 0.2) is 67.5 Å². The van der Waals surface area contributed by atoms with Crippen molar-refractivity contribution in [2.24, 2.45) is 0 Å². The van der Waals surface area contributed by atoms with Crippen molar-refractivity contribution in [1.29, 1.82) is 0 Å². The largest absolute Gasteiger partial charge is 0.494 e. The minimum absolute atomic E-state index is 0.0591. The molecule has 1 aliphatic rings. The Kier molecular flexibility index (Phi) is 7.89. The predicted octanol–water partition coefficient (Wildman–Crippen LogP) is 5.32. The molecule has 9 heteroatoms. The summed E-state index contributed by atoms with van der Waals surface area (Å²) in [6.45, 7) is 6.88. The Morgan fingerprint density at radius 1 is 1.17 bits per heavy atom. The van der Waals surface area contributed by atoms with Gasteiger partial charge in [0, 0.05) is 25.3 Å². The number of nitrogens with zero attached hydrogens (tertiary/aromatic N) is 2.